The van der Waals surface area contributed by atoms with Gasteiger partial charge in [0.15, 0.2) is 5.78 Å². The van der Waals surface area contributed by atoms with Crippen LogP contribution in [0.15, 0.2) is 78.9 Å². The lowest BCUT2D eigenvalue weighted by molar-refractivity contribution is 0.103. The molecule has 0 atom stereocenters. The van der Waals surface area contributed by atoms with Crippen molar-refractivity contribution in [3.63, 3.8) is 0 Å². The van der Waals surface area contributed by atoms with E-state index in [1.165, 1.54) is 0 Å². The minimum atomic E-state index is 0.0370. The minimum Gasteiger partial charge on any atom is -0.508 e. The van der Waals surface area contributed by atoms with Gasteiger partial charge in [0.05, 0.1) is 0 Å². The number of hydrogen-bond acceptors (Lipinski definition) is 2. The molecular formula is C20H16O2. The Morgan fingerprint density at radius 1 is 0.773 bits per heavy atom. The van der Waals surface area contributed by atoms with Gasteiger partial charge in [-0.15, -0.1) is 0 Å². The fourth-order valence-corrected chi connectivity index (χ4v) is 2.47. The van der Waals surface area contributed by atoms with Gasteiger partial charge < -0.3 is 5.11 Å². The van der Waals surface area contributed by atoms with Crippen molar-refractivity contribution >= 4 is 5.78 Å². The Morgan fingerprint density at radius 3 is 2.14 bits per heavy atom. The number of carbonyl (C=O) groups excluding carboxylic acids is 1. The molecule has 0 aliphatic heterocycles. The summed E-state index contributed by atoms with van der Waals surface area (Å²) in [4.78, 5) is 12.7. The van der Waals surface area contributed by atoms with Crippen molar-refractivity contribution < 1.29 is 9.90 Å². The summed E-state index contributed by atoms with van der Waals surface area (Å²) >= 11 is 0. The molecule has 0 amide bonds. The van der Waals surface area contributed by atoms with Crippen LogP contribution in [0.3, 0.4) is 0 Å². The molecule has 0 unspecified atom stereocenters. The second kappa shape index (κ2) is 6.27. The van der Waals surface area contributed by atoms with E-state index < -0.39 is 0 Å². The molecule has 0 bridgehead atoms. The van der Waals surface area contributed by atoms with Crippen LogP contribution >= 0.6 is 0 Å². The van der Waals surface area contributed by atoms with E-state index in [0.717, 1.165) is 16.7 Å². The number of aromatic hydroxyl groups is 1. The van der Waals surface area contributed by atoms with Gasteiger partial charge in [0.25, 0.3) is 0 Å². The standard InChI is InChI=1S/C20H16O2/c21-18-12-10-15(11-13-18)14-17-8-4-5-9-19(17)20(22)16-6-2-1-3-7-16/h1-13,21H,14H2. The van der Waals surface area contributed by atoms with Crippen molar-refractivity contribution in [1.29, 1.82) is 0 Å². The van der Waals surface area contributed by atoms with E-state index in [0.29, 0.717) is 12.0 Å². The molecule has 0 saturated carbocycles. The first kappa shape index (κ1) is 14.1. The van der Waals surface area contributed by atoms with Crippen LogP contribution < -0.4 is 0 Å². The van der Waals surface area contributed by atoms with E-state index in [4.69, 9.17) is 0 Å². The number of carbonyl (C=O) groups is 1. The molecule has 0 aliphatic rings. The predicted molar refractivity (Wildman–Crippen MR) is 87.2 cm³/mol. The maximum atomic E-state index is 12.7. The van der Waals surface area contributed by atoms with Crippen LogP contribution in [-0.2, 0) is 6.42 Å². The number of phenolic OH excluding ortho intramolecular Hbond substituents is 1. The third kappa shape index (κ3) is 3.07. The van der Waals surface area contributed by atoms with E-state index in [9.17, 15) is 9.90 Å². The molecule has 0 heterocycles. The molecule has 22 heavy (non-hydrogen) atoms. The molecule has 1 N–H and O–H groups in total. The maximum absolute atomic E-state index is 12.7. The summed E-state index contributed by atoms with van der Waals surface area (Å²) in [6.45, 7) is 0. The van der Waals surface area contributed by atoms with Gasteiger partial charge in [-0.2, -0.15) is 0 Å². The Labute approximate surface area is 129 Å². The summed E-state index contributed by atoms with van der Waals surface area (Å²) < 4.78 is 0. The van der Waals surface area contributed by atoms with Crippen LogP contribution in [0.2, 0.25) is 0 Å². The second-order valence-electron chi connectivity index (χ2n) is 5.20. The Bertz CT molecular complexity index is 774. The molecule has 2 heteroatoms. The highest BCUT2D eigenvalue weighted by Gasteiger charge is 2.13. The van der Waals surface area contributed by atoms with E-state index >= 15 is 0 Å². The average molecular weight is 288 g/mol. The van der Waals surface area contributed by atoms with Crippen LogP contribution in [0.25, 0.3) is 0 Å². The van der Waals surface area contributed by atoms with Gasteiger partial charge in [-0.3, -0.25) is 4.79 Å². The Hall–Kier alpha value is -2.87. The lowest BCUT2D eigenvalue weighted by Gasteiger charge is -2.09. The summed E-state index contributed by atoms with van der Waals surface area (Å²) in [6, 6.07) is 24.1. The largest absolute Gasteiger partial charge is 0.508 e. The van der Waals surface area contributed by atoms with Gasteiger partial charge in [-0.1, -0.05) is 66.7 Å². The number of rotatable bonds is 4. The fraction of sp³-hybridized carbons (Fsp3) is 0.0500. The first-order valence-corrected chi connectivity index (χ1v) is 7.19. The molecule has 0 aromatic heterocycles. The molecule has 0 aliphatic carbocycles. The minimum absolute atomic E-state index is 0.0370. The molecule has 0 spiro atoms. The normalized spacial score (nSPS) is 10.4. The van der Waals surface area contributed by atoms with Gasteiger partial charge in [0, 0.05) is 11.1 Å². The van der Waals surface area contributed by atoms with Crippen LogP contribution in [-0.4, -0.2) is 10.9 Å². The molecule has 3 rings (SSSR count). The number of benzene rings is 3. The van der Waals surface area contributed by atoms with Crippen LogP contribution in [0.4, 0.5) is 0 Å². The van der Waals surface area contributed by atoms with Crippen molar-refractivity contribution in [2.75, 3.05) is 0 Å². The first-order chi connectivity index (χ1) is 10.7. The zero-order valence-electron chi connectivity index (χ0n) is 12.1. The summed E-state index contributed by atoms with van der Waals surface area (Å²) in [6.07, 6.45) is 0.662. The zero-order chi connectivity index (χ0) is 15.4. The molecule has 2 nitrogen and oxygen atoms in total. The van der Waals surface area contributed by atoms with Gasteiger partial charge in [0.2, 0.25) is 0 Å². The Morgan fingerprint density at radius 2 is 1.41 bits per heavy atom. The number of phenols is 1. The number of hydrogen-bond donors (Lipinski definition) is 1. The van der Waals surface area contributed by atoms with Crippen molar-refractivity contribution in [2.24, 2.45) is 0 Å². The third-order valence-electron chi connectivity index (χ3n) is 3.63. The van der Waals surface area contributed by atoms with Gasteiger partial charge >= 0.3 is 0 Å². The smallest absolute Gasteiger partial charge is 0.193 e. The van der Waals surface area contributed by atoms with Crippen LogP contribution in [0, 0.1) is 0 Å². The lowest BCUT2D eigenvalue weighted by atomic mass is 9.94. The Kier molecular flexibility index (Phi) is 4.01. The second-order valence-corrected chi connectivity index (χ2v) is 5.20. The first-order valence-electron chi connectivity index (χ1n) is 7.19. The number of ketones is 1. The molecule has 0 fully saturated rings. The summed E-state index contributed by atoms with van der Waals surface area (Å²) in [5, 5.41) is 9.36. The zero-order valence-corrected chi connectivity index (χ0v) is 12.1. The highest BCUT2D eigenvalue weighted by Crippen LogP contribution is 2.19. The van der Waals surface area contributed by atoms with E-state index in [1.807, 2.05) is 66.7 Å². The fourth-order valence-electron chi connectivity index (χ4n) is 2.47. The van der Waals surface area contributed by atoms with Gasteiger partial charge in [0.1, 0.15) is 5.75 Å². The van der Waals surface area contributed by atoms with Crippen LogP contribution in [0.1, 0.15) is 27.0 Å². The summed E-state index contributed by atoms with van der Waals surface area (Å²) in [5.41, 5.74) is 3.47. The monoisotopic (exact) mass is 288 g/mol. The molecule has 0 radical (unpaired) electrons. The van der Waals surface area contributed by atoms with E-state index in [-0.39, 0.29) is 11.5 Å². The molecule has 108 valence electrons. The van der Waals surface area contributed by atoms with E-state index in [1.54, 1.807) is 12.1 Å². The van der Waals surface area contributed by atoms with Gasteiger partial charge in [-0.25, -0.2) is 0 Å². The quantitative estimate of drug-likeness (QED) is 0.730. The topological polar surface area (TPSA) is 37.3 Å². The summed E-state index contributed by atoms with van der Waals surface area (Å²) in [5.74, 6) is 0.285. The lowest BCUT2D eigenvalue weighted by Crippen LogP contribution is -2.05. The van der Waals surface area contributed by atoms with E-state index in [2.05, 4.69) is 0 Å². The highest BCUT2D eigenvalue weighted by molar-refractivity contribution is 6.09. The maximum Gasteiger partial charge on any atom is 0.193 e. The molecule has 3 aromatic carbocycles. The van der Waals surface area contributed by atoms with Crippen molar-refractivity contribution in [2.45, 2.75) is 6.42 Å². The Balaban J connectivity index is 1.93. The highest BCUT2D eigenvalue weighted by atomic mass is 16.3. The predicted octanol–water partition coefficient (Wildman–Crippen LogP) is 4.21. The van der Waals surface area contributed by atoms with Crippen LogP contribution in [0.5, 0.6) is 5.75 Å². The van der Waals surface area contributed by atoms with Crippen molar-refractivity contribution in [3.8, 4) is 5.75 Å². The summed E-state index contributed by atoms with van der Waals surface area (Å²) in [7, 11) is 0. The van der Waals surface area contributed by atoms with Crippen molar-refractivity contribution in [1.82, 2.24) is 0 Å². The molecule has 0 saturated heterocycles. The molecule has 3 aromatic rings. The third-order valence-corrected chi connectivity index (χ3v) is 3.63. The average Bonchev–Trinajstić information content (AvgIpc) is 2.58. The SMILES string of the molecule is O=C(c1ccccc1)c1ccccc1Cc1ccc(O)cc1. The van der Waals surface area contributed by atoms with Gasteiger partial charge in [-0.05, 0) is 29.7 Å². The van der Waals surface area contributed by atoms with Crippen molar-refractivity contribution in [3.05, 3.63) is 101 Å². The molecular weight excluding hydrogens is 272 g/mol.